The second-order valence-electron chi connectivity index (χ2n) is 14.0. The number of aromatic carboxylic acids is 1. The van der Waals surface area contributed by atoms with Crippen molar-refractivity contribution in [2.75, 3.05) is 39.1 Å². The lowest BCUT2D eigenvalue weighted by molar-refractivity contribution is -0.134. The van der Waals surface area contributed by atoms with Crippen molar-refractivity contribution in [3.05, 3.63) is 153 Å². The highest BCUT2D eigenvalue weighted by atomic mass is 19.1. The molecule has 2 heterocycles. The van der Waals surface area contributed by atoms with Crippen molar-refractivity contribution in [3.63, 3.8) is 0 Å². The fraction of sp³-hybridized carbons (Fsp3) is 0.174. The lowest BCUT2D eigenvalue weighted by atomic mass is 10.0. The first-order valence-electron chi connectivity index (χ1n) is 19.8. The molecule has 7 rings (SSSR count). The molecule has 0 aliphatic heterocycles. The first-order chi connectivity index (χ1) is 32.5. The van der Waals surface area contributed by atoms with Gasteiger partial charge in [-0.2, -0.15) is 14.9 Å². The van der Waals surface area contributed by atoms with Gasteiger partial charge in [0.1, 0.15) is 29.6 Å². The van der Waals surface area contributed by atoms with E-state index in [4.69, 9.17) is 44.5 Å². The summed E-state index contributed by atoms with van der Waals surface area (Å²) in [5.41, 5.74) is 7.34. The quantitative estimate of drug-likeness (QED) is 0.0407. The molecule has 352 valence electrons. The molecule has 0 aliphatic carbocycles. The Labute approximate surface area is 386 Å². The molecular weight excluding hydrogens is 891 g/mol. The Morgan fingerprint density at radius 2 is 1.35 bits per heavy atom. The molecular formula is C46H44F2N10O10. The molecule has 0 aliphatic rings. The average Bonchev–Trinajstić information content (AvgIpc) is 3.95. The number of nitrogens with two attached hydrogens (primary N) is 1. The van der Waals surface area contributed by atoms with E-state index in [2.05, 4.69) is 36.9 Å². The van der Waals surface area contributed by atoms with E-state index in [0.29, 0.717) is 34.4 Å². The fourth-order valence-corrected chi connectivity index (χ4v) is 6.34. The number of H-pyrrole nitrogens is 1. The predicted molar refractivity (Wildman–Crippen MR) is 243 cm³/mol. The summed E-state index contributed by atoms with van der Waals surface area (Å²) in [4.78, 5) is 40.3. The SMILES string of the molecule is CC(=O)O.COc1cc(F)c(C(C#N)Nc2ccc(-c3noc(C)n3)cc2)cc1OC.COc1cc(F)c([C@H](Nc2ccc(C(=N)N)cc2)c2nn(-c3ccccc3C(=O)O)c(=O)[nH]2)cc1OC. The number of ether oxygens (including phenoxy) is 4. The molecule has 2 aromatic heterocycles. The van der Waals surface area contributed by atoms with Gasteiger partial charge in [0.05, 0.1) is 45.8 Å². The molecule has 0 amide bonds. The van der Waals surface area contributed by atoms with Crippen molar-refractivity contribution in [2.24, 2.45) is 5.73 Å². The number of carbonyl (C=O) groups is 2. The maximum Gasteiger partial charge on any atom is 0.348 e. The van der Waals surface area contributed by atoms with Crippen LogP contribution in [0.2, 0.25) is 0 Å². The van der Waals surface area contributed by atoms with Crippen LogP contribution in [-0.2, 0) is 4.79 Å². The van der Waals surface area contributed by atoms with E-state index in [1.54, 1.807) is 61.5 Å². The van der Waals surface area contributed by atoms with Gasteiger partial charge in [0, 0.05) is 59.6 Å². The number of amidine groups is 1. The summed E-state index contributed by atoms with van der Waals surface area (Å²) in [6.07, 6.45) is 0. The highest BCUT2D eigenvalue weighted by Crippen LogP contribution is 2.36. The number of methoxy groups -OCH3 is 4. The number of halogens is 2. The molecule has 0 fully saturated rings. The Balaban J connectivity index is 0.000000245. The molecule has 20 nitrogen and oxygen atoms in total. The van der Waals surface area contributed by atoms with Gasteiger partial charge in [-0.3, -0.25) is 15.2 Å². The van der Waals surface area contributed by atoms with Crippen LogP contribution < -0.4 is 41.0 Å². The van der Waals surface area contributed by atoms with Crippen LogP contribution in [0, 0.1) is 35.3 Å². The lowest BCUT2D eigenvalue weighted by Gasteiger charge is -2.20. The van der Waals surface area contributed by atoms with Crippen LogP contribution in [-0.4, -0.2) is 81.3 Å². The molecule has 0 saturated carbocycles. The summed E-state index contributed by atoms with van der Waals surface area (Å²) in [6, 6.07) is 24.8. The van der Waals surface area contributed by atoms with E-state index < -0.39 is 41.3 Å². The first-order valence-corrected chi connectivity index (χ1v) is 19.8. The number of nitriles is 1. The van der Waals surface area contributed by atoms with E-state index in [1.807, 2.05) is 0 Å². The van der Waals surface area contributed by atoms with Gasteiger partial charge in [0.15, 0.2) is 28.8 Å². The van der Waals surface area contributed by atoms with Gasteiger partial charge in [-0.25, -0.2) is 18.4 Å². The normalized spacial score (nSPS) is 11.2. The number of aromatic nitrogens is 5. The molecule has 5 aromatic carbocycles. The van der Waals surface area contributed by atoms with E-state index in [-0.39, 0.29) is 51.3 Å². The van der Waals surface area contributed by atoms with Gasteiger partial charge in [-0.15, -0.1) is 5.10 Å². The number of hydrogen-bond donors (Lipinski definition) is 7. The molecule has 1 unspecified atom stereocenters. The molecule has 2 atom stereocenters. The van der Waals surface area contributed by atoms with Crippen molar-refractivity contribution in [1.29, 1.82) is 10.7 Å². The minimum Gasteiger partial charge on any atom is -0.493 e. The van der Waals surface area contributed by atoms with Crippen LogP contribution in [0.1, 0.15) is 57.8 Å². The van der Waals surface area contributed by atoms with Gasteiger partial charge in [-0.1, -0.05) is 17.3 Å². The molecule has 68 heavy (non-hydrogen) atoms. The molecule has 0 radical (unpaired) electrons. The number of hydrogen-bond acceptors (Lipinski definition) is 15. The summed E-state index contributed by atoms with van der Waals surface area (Å²) in [7, 11) is 5.65. The summed E-state index contributed by atoms with van der Waals surface area (Å²) in [5.74, 6) is -1.45. The van der Waals surface area contributed by atoms with Gasteiger partial charge in [-0.05, 0) is 72.8 Å². The Morgan fingerprint density at radius 3 is 1.87 bits per heavy atom. The zero-order chi connectivity index (χ0) is 49.7. The van der Waals surface area contributed by atoms with Crippen molar-refractivity contribution in [2.45, 2.75) is 25.9 Å². The monoisotopic (exact) mass is 934 g/mol. The van der Waals surface area contributed by atoms with Crippen molar-refractivity contribution in [1.82, 2.24) is 24.9 Å². The number of aromatic amines is 1. The van der Waals surface area contributed by atoms with Crippen LogP contribution in [0.4, 0.5) is 20.2 Å². The van der Waals surface area contributed by atoms with Gasteiger partial charge in [0.2, 0.25) is 11.7 Å². The first kappa shape index (κ1) is 49.8. The average molecular weight is 935 g/mol. The van der Waals surface area contributed by atoms with Crippen molar-refractivity contribution < 1.29 is 52.1 Å². The number of aliphatic carboxylic acids is 1. The third-order valence-electron chi connectivity index (χ3n) is 9.52. The number of nitrogens with zero attached hydrogens (tertiary/aromatic N) is 5. The highest BCUT2D eigenvalue weighted by Gasteiger charge is 2.27. The minimum absolute atomic E-state index is 0.00644. The Hall–Kier alpha value is -9.26. The second kappa shape index (κ2) is 22.6. The Kier molecular flexibility index (Phi) is 16.5. The summed E-state index contributed by atoms with van der Waals surface area (Å²) < 4.78 is 56.4. The third-order valence-corrected chi connectivity index (χ3v) is 9.52. The van der Waals surface area contributed by atoms with Crippen LogP contribution in [0.25, 0.3) is 17.1 Å². The van der Waals surface area contributed by atoms with Gasteiger partial charge < -0.3 is 50.1 Å². The summed E-state index contributed by atoms with van der Waals surface area (Å²) >= 11 is 0. The molecule has 22 heteroatoms. The molecule has 0 bridgehead atoms. The minimum atomic E-state index is -1.24. The molecule has 7 aromatic rings. The Morgan fingerprint density at radius 1 is 0.838 bits per heavy atom. The van der Waals surface area contributed by atoms with Gasteiger partial charge >= 0.3 is 11.7 Å². The number of rotatable bonds is 15. The number of benzene rings is 5. The maximum atomic E-state index is 15.3. The fourth-order valence-electron chi connectivity index (χ4n) is 6.34. The van der Waals surface area contributed by atoms with Crippen LogP contribution in [0.15, 0.2) is 106 Å². The number of carboxylic acids is 2. The zero-order valence-electron chi connectivity index (χ0n) is 37.1. The largest absolute Gasteiger partial charge is 0.493 e. The van der Waals surface area contributed by atoms with Crippen LogP contribution in [0.3, 0.4) is 0 Å². The number of aryl methyl sites for hydroxylation is 1. The Bertz CT molecular complexity index is 3000. The van der Waals surface area contributed by atoms with E-state index in [1.165, 1.54) is 64.8 Å². The molecule has 0 saturated heterocycles. The number of para-hydroxylation sites is 1. The number of nitrogen functional groups attached to an aromatic ring is 1. The smallest absolute Gasteiger partial charge is 0.348 e. The summed E-state index contributed by atoms with van der Waals surface area (Å²) in [6.45, 7) is 2.79. The van der Waals surface area contributed by atoms with Crippen LogP contribution >= 0.6 is 0 Å². The number of carboxylic acid groups (broad SMARTS) is 2. The van der Waals surface area contributed by atoms with Crippen molar-refractivity contribution in [3.8, 4) is 46.1 Å². The van der Waals surface area contributed by atoms with E-state index in [9.17, 15) is 24.3 Å². The second-order valence-corrected chi connectivity index (χ2v) is 14.0. The highest BCUT2D eigenvalue weighted by molar-refractivity contribution is 5.95. The summed E-state index contributed by atoms with van der Waals surface area (Å²) in [5, 5.41) is 48.3. The molecule has 0 spiro atoms. The van der Waals surface area contributed by atoms with Crippen LogP contribution in [0.5, 0.6) is 23.0 Å². The zero-order valence-corrected chi connectivity index (χ0v) is 37.1. The number of anilines is 2. The third kappa shape index (κ3) is 12.1. The number of nitrogens with one attached hydrogen (secondary N) is 4. The standard InChI is InChI=1S/C25H23FN6O5.C19H17FN4O3.C2H4O2/c1-36-19-11-16(17(26)12-20(19)37-2)21(29-14-9-7-13(8-10-14)22(27)28)23-30-25(35)32(31-23)18-6-4-3-5-15(18)24(33)34;1-11-22-19(24-27-11)12-4-6-13(7-5-12)23-16(10-21)14-8-17(25-2)18(26-3)9-15(14)20;1-2(3)4/h3-12,21,29H,1-2H3,(H3,27,28)(H,33,34)(H,30,31,35);4-9,16,23H,1-3H3;1H3,(H,3,4)/t21-;;/m0../s1. The predicted octanol–water partition coefficient (Wildman–Crippen LogP) is 6.87. The van der Waals surface area contributed by atoms with Gasteiger partial charge in [0.25, 0.3) is 5.97 Å². The maximum absolute atomic E-state index is 15.3. The lowest BCUT2D eigenvalue weighted by Crippen LogP contribution is -2.18. The molecule has 8 N–H and O–H groups in total. The topological polar surface area (TPSA) is 299 Å². The van der Waals surface area contributed by atoms with E-state index in [0.717, 1.165) is 23.2 Å². The van der Waals surface area contributed by atoms with Crippen molar-refractivity contribution >= 4 is 29.1 Å². The van der Waals surface area contributed by atoms with E-state index >= 15 is 4.39 Å².